The summed E-state index contributed by atoms with van der Waals surface area (Å²) in [5.74, 6) is 0.533. The Morgan fingerprint density at radius 2 is 2.20 bits per heavy atom. The summed E-state index contributed by atoms with van der Waals surface area (Å²) in [7, 11) is 0. The van der Waals surface area contributed by atoms with Crippen molar-refractivity contribution in [1.29, 1.82) is 0 Å². The maximum atomic E-state index is 11.8. The highest BCUT2D eigenvalue weighted by atomic mass is 127. The third kappa shape index (κ3) is 6.97. The van der Waals surface area contributed by atoms with E-state index in [0.717, 1.165) is 44.7 Å². The van der Waals surface area contributed by atoms with Gasteiger partial charge in [0.25, 0.3) is 5.56 Å². The Bertz CT molecular complexity index is 601. The largest absolute Gasteiger partial charge is 0.370 e. The molecule has 0 radical (unpaired) electrons. The van der Waals surface area contributed by atoms with E-state index in [1.807, 2.05) is 17.6 Å². The van der Waals surface area contributed by atoms with E-state index in [2.05, 4.69) is 22.1 Å². The van der Waals surface area contributed by atoms with Gasteiger partial charge in [-0.15, -0.1) is 24.0 Å². The van der Waals surface area contributed by atoms with Crippen LogP contribution in [-0.2, 0) is 6.54 Å². The van der Waals surface area contributed by atoms with Crippen LogP contribution < -0.4 is 16.6 Å². The van der Waals surface area contributed by atoms with Gasteiger partial charge < -0.3 is 15.6 Å². The number of guanidine groups is 1. The van der Waals surface area contributed by atoms with E-state index < -0.39 is 0 Å². The third-order valence-electron chi connectivity index (χ3n) is 4.76. The Hall–Kier alpha value is -1.09. The summed E-state index contributed by atoms with van der Waals surface area (Å²) in [5.41, 5.74) is 7.02. The summed E-state index contributed by atoms with van der Waals surface area (Å²) in [6.07, 6.45) is 4.38. The maximum absolute atomic E-state index is 11.8. The fourth-order valence-electron chi connectivity index (χ4n) is 3.30. The molecule has 0 amide bonds. The van der Waals surface area contributed by atoms with Crippen molar-refractivity contribution in [2.45, 2.75) is 52.1 Å². The van der Waals surface area contributed by atoms with E-state index in [9.17, 15) is 4.79 Å². The molecule has 0 aliphatic carbocycles. The Morgan fingerprint density at radius 3 is 2.92 bits per heavy atom. The van der Waals surface area contributed by atoms with Gasteiger partial charge in [0.1, 0.15) is 0 Å². The molecule has 1 aromatic heterocycles. The number of aliphatic imine (C=N–C) groups is 1. The fraction of sp³-hybridized carbons (Fsp3) is 0.667. The molecular weight excluding hydrogens is 429 g/mol. The van der Waals surface area contributed by atoms with Crippen LogP contribution in [0, 0.1) is 6.92 Å². The molecule has 0 bridgehead atoms. The Kier molecular flexibility index (Phi) is 10.1. The highest BCUT2D eigenvalue weighted by molar-refractivity contribution is 14.0. The minimum absolute atomic E-state index is 0. The smallest absolute Gasteiger partial charge is 0.250 e. The first-order valence-corrected chi connectivity index (χ1v) is 9.06. The summed E-state index contributed by atoms with van der Waals surface area (Å²) < 4.78 is 1.82. The standard InChI is InChI=1S/C18H31N5O.HI/c1-3-22-12-7-9-16(22)14-21-18(19)20-11-4-5-13-23-15(2)8-6-10-17(23)24;/h6,8,10,16H,3-5,7,9,11-14H2,1-2H3,(H3,19,20,21);1H. The first-order chi connectivity index (χ1) is 11.6. The zero-order chi connectivity index (χ0) is 17.4. The van der Waals surface area contributed by atoms with Crippen molar-refractivity contribution < 1.29 is 0 Å². The van der Waals surface area contributed by atoms with Gasteiger partial charge in [-0.25, -0.2) is 0 Å². The van der Waals surface area contributed by atoms with Crippen LogP contribution in [0.2, 0.25) is 0 Å². The average molecular weight is 461 g/mol. The number of aryl methyl sites for hydroxylation is 1. The second-order valence-corrected chi connectivity index (χ2v) is 6.44. The quantitative estimate of drug-likeness (QED) is 0.269. The van der Waals surface area contributed by atoms with Gasteiger partial charge in [0.2, 0.25) is 0 Å². The molecule has 0 aromatic carbocycles. The van der Waals surface area contributed by atoms with Crippen LogP contribution >= 0.6 is 24.0 Å². The van der Waals surface area contributed by atoms with Crippen LogP contribution in [0.1, 0.15) is 38.3 Å². The number of nitrogens with zero attached hydrogens (tertiary/aromatic N) is 3. The van der Waals surface area contributed by atoms with Crippen molar-refractivity contribution in [1.82, 2.24) is 14.8 Å². The van der Waals surface area contributed by atoms with Crippen molar-refractivity contribution >= 4 is 29.9 Å². The molecule has 1 unspecified atom stereocenters. The number of halogens is 1. The summed E-state index contributed by atoms with van der Waals surface area (Å²) in [5, 5.41) is 3.18. The zero-order valence-corrected chi connectivity index (χ0v) is 17.7. The van der Waals surface area contributed by atoms with Crippen molar-refractivity contribution in [2.24, 2.45) is 10.7 Å². The van der Waals surface area contributed by atoms with Crippen molar-refractivity contribution in [3.63, 3.8) is 0 Å². The van der Waals surface area contributed by atoms with E-state index in [0.29, 0.717) is 12.0 Å². The molecule has 0 spiro atoms. The number of nitrogens with two attached hydrogens (primary N) is 1. The van der Waals surface area contributed by atoms with Gasteiger partial charge in [-0.2, -0.15) is 0 Å². The van der Waals surface area contributed by atoms with E-state index in [4.69, 9.17) is 5.73 Å². The number of unbranched alkanes of at least 4 members (excludes halogenated alkanes) is 1. The summed E-state index contributed by atoms with van der Waals surface area (Å²) >= 11 is 0. The molecule has 3 N–H and O–H groups in total. The van der Waals surface area contributed by atoms with Gasteiger partial charge in [0, 0.05) is 30.9 Å². The summed E-state index contributed by atoms with van der Waals surface area (Å²) in [6.45, 7) is 8.76. The number of likely N-dealkylation sites (tertiary alicyclic amines) is 1. The molecule has 0 saturated carbocycles. The minimum atomic E-state index is 0. The Labute approximate surface area is 167 Å². The average Bonchev–Trinajstić information content (AvgIpc) is 3.02. The van der Waals surface area contributed by atoms with Crippen molar-refractivity contribution in [3.8, 4) is 0 Å². The molecule has 1 aromatic rings. The van der Waals surface area contributed by atoms with Crippen LogP contribution in [0.3, 0.4) is 0 Å². The number of hydrogen-bond donors (Lipinski definition) is 2. The predicted octanol–water partition coefficient (Wildman–Crippen LogP) is 1.94. The van der Waals surface area contributed by atoms with Gasteiger partial charge in [-0.1, -0.05) is 13.0 Å². The van der Waals surface area contributed by atoms with Gasteiger partial charge in [-0.3, -0.25) is 14.7 Å². The number of nitrogens with one attached hydrogen (secondary N) is 1. The van der Waals surface area contributed by atoms with Crippen LogP contribution in [-0.4, -0.2) is 47.6 Å². The predicted molar refractivity (Wildman–Crippen MR) is 115 cm³/mol. The number of likely N-dealkylation sites (N-methyl/N-ethyl adjacent to an activating group) is 1. The lowest BCUT2D eigenvalue weighted by Crippen LogP contribution is -2.36. The van der Waals surface area contributed by atoms with E-state index in [1.165, 1.54) is 19.4 Å². The van der Waals surface area contributed by atoms with E-state index in [-0.39, 0.29) is 29.5 Å². The molecular formula is C18H32IN5O. The molecule has 2 rings (SSSR count). The molecule has 1 aliphatic heterocycles. The number of pyridine rings is 1. The lowest BCUT2D eigenvalue weighted by Gasteiger charge is -2.20. The molecule has 1 saturated heterocycles. The number of rotatable bonds is 8. The molecule has 25 heavy (non-hydrogen) atoms. The lowest BCUT2D eigenvalue weighted by molar-refractivity contribution is 0.273. The minimum Gasteiger partial charge on any atom is -0.370 e. The summed E-state index contributed by atoms with van der Waals surface area (Å²) in [4.78, 5) is 18.7. The molecule has 2 heterocycles. The highest BCUT2D eigenvalue weighted by Crippen LogP contribution is 2.16. The topological polar surface area (TPSA) is 75.7 Å². The normalized spacial score (nSPS) is 18.2. The molecule has 1 aliphatic rings. The number of hydrogen-bond acceptors (Lipinski definition) is 3. The fourth-order valence-corrected chi connectivity index (χ4v) is 3.30. The SMILES string of the molecule is CCN1CCCC1CN=C(N)NCCCCn1c(C)cccc1=O.I. The molecule has 6 nitrogen and oxygen atoms in total. The molecule has 142 valence electrons. The van der Waals surface area contributed by atoms with Gasteiger partial charge >= 0.3 is 0 Å². The highest BCUT2D eigenvalue weighted by Gasteiger charge is 2.22. The Morgan fingerprint density at radius 1 is 1.40 bits per heavy atom. The first-order valence-electron chi connectivity index (χ1n) is 9.06. The first kappa shape index (κ1) is 22.0. The third-order valence-corrected chi connectivity index (χ3v) is 4.76. The van der Waals surface area contributed by atoms with Crippen LogP contribution in [0.4, 0.5) is 0 Å². The monoisotopic (exact) mass is 461 g/mol. The van der Waals surface area contributed by atoms with E-state index >= 15 is 0 Å². The zero-order valence-electron chi connectivity index (χ0n) is 15.4. The number of aromatic nitrogens is 1. The van der Waals surface area contributed by atoms with Crippen molar-refractivity contribution in [3.05, 3.63) is 34.2 Å². The molecule has 7 heteroatoms. The van der Waals surface area contributed by atoms with Gasteiger partial charge in [-0.05, 0) is 51.8 Å². The molecule has 1 atom stereocenters. The lowest BCUT2D eigenvalue weighted by atomic mass is 10.2. The maximum Gasteiger partial charge on any atom is 0.250 e. The Balaban J connectivity index is 0.00000312. The van der Waals surface area contributed by atoms with Crippen LogP contribution in [0.15, 0.2) is 28.0 Å². The van der Waals surface area contributed by atoms with Crippen molar-refractivity contribution in [2.75, 3.05) is 26.2 Å². The van der Waals surface area contributed by atoms with Gasteiger partial charge in [0.15, 0.2) is 5.96 Å². The molecule has 1 fully saturated rings. The second kappa shape index (κ2) is 11.5. The van der Waals surface area contributed by atoms with Gasteiger partial charge in [0.05, 0.1) is 6.54 Å². The van der Waals surface area contributed by atoms with E-state index in [1.54, 1.807) is 12.1 Å². The second-order valence-electron chi connectivity index (χ2n) is 6.44. The van der Waals surface area contributed by atoms with Crippen LogP contribution in [0.5, 0.6) is 0 Å². The summed E-state index contributed by atoms with van der Waals surface area (Å²) in [6, 6.07) is 5.92. The van der Waals surface area contributed by atoms with Crippen LogP contribution in [0.25, 0.3) is 0 Å².